The van der Waals surface area contributed by atoms with Gasteiger partial charge in [-0.25, -0.2) is 28.1 Å². The summed E-state index contributed by atoms with van der Waals surface area (Å²) in [6.45, 7) is 4.76. The molecular formula is C19H21N5O3S2. The summed E-state index contributed by atoms with van der Waals surface area (Å²) < 4.78 is 33.6. The molecule has 0 bridgehead atoms. The number of thiazole rings is 1. The number of benzene rings is 1. The SMILES string of the molecule is Cc1ncc(-c2nc(-c3cc(S(=O)(=O)N[C@@H]4CCOC4)ccc3C)cnc2N)s1. The van der Waals surface area contributed by atoms with Crippen molar-refractivity contribution >= 4 is 27.2 Å². The summed E-state index contributed by atoms with van der Waals surface area (Å²) >= 11 is 1.48. The van der Waals surface area contributed by atoms with Gasteiger partial charge in [0, 0.05) is 24.4 Å². The van der Waals surface area contributed by atoms with Crippen LogP contribution in [0.3, 0.4) is 0 Å². The molecule has 152 valence electrons. The summed E-state index contributed by atoms with van der Waals surface area (Å²) in [4.78, 5) is 14.2. The monoisotopic (exact) mass is 431 g/mol. The van der Waals surface area contributed by atoms with Crippen molar-refractivity contribution in [2.24, 2.45) is 0 Å². The Morgan fingerprint density at radius 1 is 1.24 bits per heavy atom. The first-order valence-electron chi connectivity index (χ1n) is 9.10. The van der Waals surface area contributed by atoms with Crippen LogP contribution >= 0.6 is 11.3 Å². The third-order valence-electron chi connectivity index (χ3n) is 4.70. The fourth-order valence-corrected chi connectivity index (χ4v) is 5.20. The molecule has 1 aliphatic heterocycles. The second-order valence-electron chi connectivity index (χ2n) is 6.89. The largest absolute Gasteiger partial charge is 0.382 e. The van der Waals surface area contributed by atoms with Crippen LogP contribution in [-0.2, 0) is 14.8 Å². The first kappa shape index (κ1) is 19.9. The Balaban J connectivity index is 1.73. The molecule has 1 saturated heterocycles. The lowest BCUT2D eigenvalue weighted by Gasteiger charge is -2.14. The van der Waals surface area contributed by atoms with E-state index in [2.05, 4.69) is 19.7 Å². The number of sulfonamides is 1. The number of rotatable bonds is 5. The van der Waals surface area contributed by atoms with Crippen molar-refractivity contribution in [1.29, 1.82) is 0 Å². The zero-order chi connectivity index (χ0) is 20.6. The predicted molar refractivity (Wildman–Crippen MR) is 112 cm³/mol. The highest BCUT2D eigenvalue weighted by atomic mass is 32.2. The molecule has 3 heterocycles. The minimum atomic E-state index is -3.67. The molecule has 3 N–H and O–H groups in total. The molecule has 10 heteroatoms. The highest BCUT2D eigenvalue weighted by Crippen LogP contribution is 2.31. The van der Waals surface area contributed by atoms with Gasteiger partial charge in [0.25, 0.3) is 0 Å². The Kier molecular flexibility index (Phi) is 5.34. The summed E-state index contributed by atoms with van der Waals surface area (Å²) in [5, 5.41) is 0.901. The average Bonchev–Trinajstić information content (AvgIpc) is 3.34. The van der Waals surface area contributed by atoms with Crippen LogP contribution < -0.4 is 10.5 Å². The maximum Gasteiger partial charge on any atom is 0.240 e. The highest BCUT2D eigenvalue weighted by molar-refractivity contribution is 7.89. The third-order valence-corrected chi connectivity index (χ3v) is 7.14. The van der Waals surface area contributed by atoms with Crippen molar-refractivity contribution in [2.45, 2.75) is 31.2 Å². The number of nitrogen functional groups attached to an aromatic ring is 1. The van der Waals surface area contributed by atoms with E-state index in [1.165, 1.54) is 11.3 Å². The van der Waals surface area contributed by atoms with Gasteiger partial charge in [-0.05, 0) is 38.0 Å². The Morgan fingerprint density at radius 3 is 2.76 bits per heavy atom. The first-order valence-corrected chi connectivity index (χ1v) is 11.4. The van der Waals surface area contributed by atoms with E-state index >= 15 is 0 Å². The van der Waals surface area contributed by atoms with Gasteiger partial charge in [-0.2, -0.15) is 0 Å². The molecule has 1 aromatic carbocycles. The molecule has 2 aromatic heterocycles. The second-order valence-corrected chi connectivity index (χ2v) is 9.84. The summed E-state index contributed by atoms with van der Waals surface area (Å²) in [7, 11) is -3.67. The minimum Gasteiger partial charge on any atom is -0.382 e. The predicted octanol–water partition coefficient (Wildman–Crippen LogP) is 2.53. The summed E-state index contributed by atoms with van der Waals surface area (Å²) in [5.74, 6) is 0.307. The molecule has 0 aliphatic carbocycles. The molecule has 8 nitrogen and oxygen atoms in total. The van der Waals surface area contributed by atoms with Gasteiger partial charge in [-0.15, -0.1) is 11.3 Å². The third kappa shape index (κ3) is 4.15. The maximum absolute atomic E-state index is 12.8. The number of nitrogens with zero attached hydrogens (tertiary/aromatic N) is 3. The number of nitrogens with one attached hydrogen (secondary N) is 1. The van der Waals surface area contributed by atoms with Gasteiger partial charge in [0.05, 0.1) is 33.3 Å². The fourth-order valence-electron chi connectivity index (χ4n) is 3.14. The molecule has 3 aromatic rings. The molecular weight excluding hydrogens is 410 g/mol. The number of aromatic nitrogens is 3. The normalized spacial score (nSPS) is 17.0. The van der Waals surface area contributed by atoms with Gasteiger partial charge in [-0.3, -0.25) is 0 Å². The lowest BCUT2D eigenvalue weighted by molar-refractivity contribution is 0.192. The van der Waals surface area contributed by atoms with Crippen LogP contribution in [0.25, 0.3) is 21.8 Å². The Bertz CT molecular complexity index is 1150. The van der Waals surface area contributed by atoms with E-state index in [9.17, 15) is 8.42 Å². The second kappa shape index (κ2) is 7.79. The Hall–Kier alpha value is -2.40. The number of anilines is 1. The van der Waals surface area contributed by atoms with E-state index in [1.54, 1.807) is 30.6 Å². The number of hydrogen-bond donors (Lipinski definition) is 2. The zero-order valence-corrected chi connectivity index (χ0v) is 17.7. The molecule has 1 aliphatic rings. The minimum absolute atomic E-state index is 0.179. The van der Waals surface area contributed by atoms with Crippen molar-refractivity contribution in [2.75, 3.05) is 18.9 Å². The van der Waals surface area contributed by atoms with E-state index in [0.717, 1.165) is 15.4 Å². The smallest absolute Gasteiger partial charge is 0.240 e. The van der Waals surface area contributed by atoms with E-state index in [1.807, 2.05) is 13.8 Å². The maximum atomic E-state index is 12.8. The van der Waals surface area contributed by atoms with Gasteiger partial charge in [-0.1, -0.05) is 6.07 Å². The molecule has 29 heavy (non-hydrogen) atoms. The molecule has 1 atom stereocenters. The molecule has 0 spiro atoms. The topological polar surface area (TPSA) is 120 Å². The van der Waals surface area contributed by atoms with E-state index in [0.29, 0.717) is 42.4 Å². The first-order chi connectivity index (χ1) is 13.8. The number of hydrogen-bond acceptors (Lipinski definition) is 8. The summed E-state index contributed by atoms with van der Waals surface area (Å²) in [6.07, 6.45) is 3.94. The average molecular weight is 432 g/mol. The van der Waals surface area contributed by atoms with Crippen LogP contribution in [0, 0.1) is 13.8 Å². The van der Waals surface area contributed by atoms with Gasteiger partial charge in [0.2, 0.25) is 10.0 Å². The number of nitrogens with two attached hydrogens (primary N) is 1. The molecule has 0 unspecified atom stereocenters. The molecule has 0 radical (unpaired) electrons. The molecule has 4 rings (SSSR count). The van der Waals surface area contributed by atoms with Gasteiger partial charge in [0.15, 0.2) is 5.82 Å². The standard InChI is InChI=1S/C19H21N5O3S2/c1-11-3-4-14(29(25,26)24-13-5-6-27-10-13)7-15(11)16-8-22-19(20)18(23-16)17-9-21-12(2)28-17/h3-4,7-9,13,24H,5-6,10H2,1-2H3,(H2,20,22)/t13-/m1/s1. The summed E-state index contributed by atoms with van der Waals surface area (Å²) in [5.41, 5.74) is 8.70. The van der Waals surface area contributed by atoms with Gasteiger partial charge in [0.1, 0.15) is 5.69 Å². The van der Waals surface area contributed by atoms with Crippen molar-refractivity contribution in [3.8, 4) is 21.8 Å². The number of aryl methyl sites for hydroxylation is 2. The van der Waals surface area contributed by atoms with E-state index in [-0.39, 0.29) is 10.9 Å². The van der Waals surface area contributed by atoms with Crippen molar-refractivity contribution in [3.63, 3.8) is 0 Å². The van der Waals surface area contributed by atoms with E-state index < -0.39 is 10.0 Å². The van der Waals surface area contributed by atoms with Crippen LogP contribution in [0.2, 0.25) is 0 Å². The molecule has 0 saturated carbocycles. The van der Waals surface area contributed by atoms with Crippen molar-refractivity contribution in [3.05, 3.63) is 41.2 Å². The Morgan fingerprint density at radius 2 is 2.07 bits per heavy atom. The molecule has 0 amide bonds. The van der Waals surface area contributed by atoms with Gasteiger partial charge < -0.3 is 10.5 Å². The van der Waals surface area contributed by atoms with Crippen molar-refractivity contribution < 1.29 is 13.2 Å². The lowest BCUT2D eigenvalue weighted by Crippen LogP contribution is -2.35. The quantitative estimate of drug-likeness (QED) is 0.637. The summed E-state index contributed by atoms with van der Waals surface area (Å²) in [6, 6.07) is 4.77. The van der Waals surface area contributed by atoms with Crippen LogP contribution in [-0.4, -0.2) is 42.6 Å². The van der Waals surface area contributed by atoms with Gasteiger partial charge >= 0.3 is 0 Å². The Labute approximate surface area is 173 Å². The van der Waals surface area contributed by atoms with Crippen LogP contribution in [0.4, 0.5) is 5.82 Å². The zero-order valence-electron chi connectivity index (χ0n) is 16.0. The fraction of sp³-hybridized carbons (Fsp3) is 0.316. The van der Waals surface area contributed by atoms with Crippen LogP contribution in [0.15, 0.2) is 35.5 Å². The molecule has 1 fully saturated rings. The highest BCUT2D eigenvalue weighted by Gasteiger charge is 2.24. The van der Waals surface area contributed by atoms with Crippen LogP contribution in [0.1, 0.15) is 17.0 Å². The van der Waals surface area contributed by atoms with E-state index in [4.69, 9.17) is 10.5 Å². The lowest BCUT2D eigenvalue weighted by atomic mass is 10.1. The van der Waals surface area contributed by atoms with Crippen molar-refractivity contribution in [1.82, 2.24) is 19.7 Å². The van der Waals surface area contributed by atoms with Crippen LogP contribution in [0.5, 0.6) is 0 Å². The number of ether oxygens (including phenoxy) is 1.